The van der Waals surface area contributed by atoms with Gasteiger partial charge in [0, 0.05) is 30.6 Å². The molecule has 5 nitrogen and oxygen atoms in total. The van der Waals surface area contributed by atoms with Crippen molar-refractivity contribution < 1.29 is 13.9 Å². The third-order valence-electron chi connectivity index (χ3n) is 5.47. The molecule has 1 aliphatic rings. The number of aryl methyl sites for hydroxylation is 1. The van der Waals surface area contributed by atoms with E-state index in [-0.39, 0.29) is 18.1 Å². The Morgan fingerprint density at radius 2 is 1.96 bits per heavy atom. The molecule has 0 spiro atoms. The normalized spacial score (nSPS) is 20.1. The number of hydrogen-bond acceptors (Lipinski definition) is 4. The summed E-state index contributed by atoms with van der Waals surface area (Å²) in [4.78, 5) is 25.9. The lowest BCUT2D eigenvalue weighted by Gasteiger charge is -2.33. The van der Waals surface area contributed by atoms with E-state index in [1.807, 2.05) is 31.0 Å². The minimum absolute atomic E-state index is 0.00817. The van der Waals surface area contributed by atoms with Crippen molar-refractivity contribution in [2.24, 2.45) is 5.92 Å². The second-order valence-electron chi connectivity index (χ2n) is 7.31. The Labute approximate surface area is 153 Å². The van der Waals surface area contributed by atoms with Gasteiger partial charge in [0.15, 0.2) is 6.61 Å². The Morgan fingerprint density at radius 3 is 2.65 bits per heavy atom. The molecule has 0 radical (unpaired) electrons. The molecule has 1 heterocycles. The van der Waals surface area contributed by atoms with Gasteiger partial charge in [-0.3, -0.25) is 4.79 Å². The van der Waals surface area contributed by atoms with Gasteiger partial charge >= 0.3 is 5.63 Å². The molecule has 0 saturated heterocycles. The molecule has 0 aliphatic heterocycles. The highest BCUT2D eigenvalue weighted by atomic mass is 16.5. The molecule has 0 unspecified atom stereocenters. The molecule has 0 N–H and O–H groups in total. The number of amides is 1. The maximum atomic E-state index is 12.4. The topological polar surface area (TPSA) is 59.8 Å². The number of hydrogen-bond donors (Lipinski definition) is 0. The summed E-state index contributed by atoms with van der Waals surface area (Å²) in [6.45, 7) is 4.26. The second kappa shape index (κ2) is 7.94. The van der Waals surface area contributed by atoms with Crippen LogP contribution in [0.3, 0.4) is 0 Å². The van der Waals surface area contributed by atoms with Gasteiger partial charge in [-0.05, 0) is 55.7 Å². The highest BCUT2D eigenvalue weighted by Crippen LogP contribution is 2.27. The molecule has 26 heavy (non-hydrogen) atoms. The zero-order chi connectivity index (χ0) is 18.7. The van der Waals surface area contributed by atoms with Gasteiger partial charge in [0.2, 0.25) is 0 Å². The fraction of sp³-hybridized carbons (Fsp3) is 0.524. The zero-order valence-corrected chi connectivity index (χ0v) is 15.8. The Balaban J connectivity index is 1.65. The first-order chi connectivity index (χ1) is 12.5. The van der Waals surface area contributed by atoms with Gasteiger partial charge in [-0.25, -0.2) is 4.79 Å². The van der Waals surface area contributed by atoms with E-state index in [0.29, 0.717) is 17.4 Å². The summed E-state index contributed by atoms with van der Waals surface area (Å²) in [5, 5.41) is 0.902. The van der Waals surface area contributed by atoms with E-state index in [4.69, 9.17) is 9.15 Å². The van der Waals surface area contributed by atoms with E-state index in [2.05, 4.69) is 6.92 Å². The molecule has 2 aromatic rings. The first kappa shape index (κ1) is 18.5. The summed E-state index contributed by atoms with van der Waals surface area (Å²) in [5.41, 5.74) is 1.08. The number of rotatable bonds is 5. The van der Waals surface area contributed by atoms with Crippen LogP contribution in [0.15, 0.2) is 33.5 Å². The van der Waals surface area contributed by atoms with Crippen molar-refractivity contribution in [2.75, 3.05) is 13.7 Å². The highest BCUT2D eigenvalue weighted by Gasteiger charge is 2.24. The predicted octanol–water partition coefficient (Wildman–Crippen LogP) is 3.77. The van der Waals surface area contributed by atoms with Crippen LogP contribution in [0.5, 0.6) is 5.75 Å². The van der Waals surface area contributed by atoms with Gasteiger partial charge in [0.05, 0.1) is 0 Å². The predicted molar refractivity (Wildman–Crippen MR) is 102 cm³/mol. The van der Waals surface area contributed by atoms with Crippen molar-refractivity contribution in [3.05, 3.63) is 40.2 Å². The summed E-state index contributed by atoms with van der Waals surface area (Å²) in [7, 11) is 1.86. The van der Waals surface area contributed by atoms with Crippen LogP contribution in [-0.2, 0) is 11.2 Å². The summed E-state index contributed by atoms with van der Waals surface area (Å²) < 4.78 is 10.9. The molecule has 1 aromatic carbocycles. The molecule has 3 rings (SSSR count). The standard InChI is InChI=1S/C21H27NO4/c1-4-15-11-21(24)26-19-12-17(9-10-18(15)19)25-13-20(23)22(3)16-7-5-14(2)6-8-16/h9-12,14,16H,4-8,13H2,1-3H3. The lowest BCUT2D eigenvalue weighted by molar-refractivity contribution is -0.134. The van der Waals surface area contributed by atoms with Crippen LogP contribution >= 0.6 is 0 Å². The Morgan fingerprint density at radius 1 is 1.23 bits per heavy atom. The molecule has 0 bridgehead atoms. The number of benzene rings is 1. The molecule has 1 aromatic heterocycles. The first-order valence-corrected chi connectivity index (χ1v) is 9.43. The number of ether oxygens (including phenoxy) is 1. The van der Waals surface area contributed by atoms with Gasteiger partial charge in [-0.2, -0.15) is 0 Å². The third kappa shape index (κ3) is 4.09. The highest BCUT2D eigenvalue weighted by molar-refractivity contribution is 5.82. The number of nitrogens with zero attached hydrogens (tertiary/aromatic N) is 1. The van der Waals surface area contributed by atoms with Gasteiger partial charge in [0.1, 0.15) is 11.3 Å². The Kier molecular flexibility index (Phi) is 5.64. The molecule has 1 saturated carbocycles. The summed E-state index contributed by atoms with van der Waals surface area (Å²) in [6, 6.07) is 7.21. The first-order valence-electron chi connectivity index (χ1n) is 9.43. The van der Waals surface area contributed by atoms with Crippen LogP contribution in [0.2, 0.25) is 0 Å². The van der Waals surface area contributed by atoms with Crippen LogP contribution in [-0.4, -0.2) is 30.5 Å². The van der Waals surface area contributed by atoms with E-state index >= 15 is 0 Å². The van der Waals surface area contributed by atoms with E-state index in [9.17, 15) is 9.59 Å². The van der Waals surface area contributed by atoms with Crippen LogP contribution in [0, 0.1) is 5.92 Å². The van der Waals surface area contributed by atoms with E-state index < -0.39 is 0 Å². The average molecular weight is 357 g/mol. The fourth-order valence-corrected chi connectivity index (χ4v) is 3.67. The van der Waals surface area contributed by atoms with E-state index in [1.54, 1.807) is 6.07 Å². The lowest BCUT2D eigenvalue weighted by Crippen LogP contribution is -2.41. The van der Waals surface area contributed by atoms with Gasteiger partial charge in [-0.1, -0.05) is 13.8 Å². The molecule has 140 valence electrons. The summed E-state index contributed by atoms with van der Waals surface area (Å²) in [6.07, 6.45) is 5.22. The summed E-state index contributed by atoms with van der Waals surface area (Å²) >= 11 is 0. The SMILES string of the molecule is CCc1cc(=O)oc2cc(OCC(=O)N(C)C3CCC(C)CC3)ccc12. The third-order valence-corrected chi connectivity index (χ3v) is 5.47. The number of carbonyl (C=O) groups is 1. The van der Waals surface area contributed by atoms with E-state index in [0.717, 1.165) is 36.1 Å². The molecule has 1 fully saturated rings. The van der Waals surface area contributed by atoms with Crippen molar-refractivity contribution in [1.82, 2.24) is 4.90 Å². The lowest BCUT2D eigenvalue weighted by atomic mass is 9.87. The van der Waals surface area contributed by atoms with Crippen LogP contribution < -0.4 is 10.4 Å². The maximum Gasteiger partial charge on any atom is 0.336 e. The van der Waals surface area contributed by atoms with Crippen LogP contribution in [0.1, 0.15) is 45.1 Å². The quantitative estimate of drug-likeness (QED) is 0.764. The number of carbonyl (C=O) groups excluding carboxylic acids is 1. The van der Waals surface area contributed by atoms with E-state index in [1.165, 1.54) is 18.9 Å². The number of fused-ring (bicyclic) bond motifs is 1. The van der Waals surface area contributed by atoms with Crippen LogP contribution in [0.25, 0.3) is 11.0 Å². The Hall–Kier alpha value is -2.30. The maximum absolute atomic E-state index is 12.4. The van der Waals surface area contributed by atoms with Crippen molar-refractivity contribution >= 4 is 16.9 Å². The zero-order valence-electron chi connectivity index (χ0n) is 15.8. The molecule has 1 amide bonds. The van der Waals surface area contributed by atoms with Gasteiger partial charge < -0.3 is 14.1 Å². The summed E-state index contributed by atoms with van der Waals surface area (Å²) in [5.74, 6) is 1.27. The molecular weight excluding hydrogens is 330 g/mol. The molecule has 5 heteroatoms. The van der Waals surface area contributed by atoms with Crippen LogP contribution in [0.4, 0.5) is 0 Å². The average Bonchev–Trinajstić information content (AvgIpc) is 2.65. The van der Waals surface area contributed by atoms with Crippen molar-refractivity contribution in [1.29, 1.82) is 0 Å². The second-order valence-corrected chi connectivity index (χ2v) is 7.31. The largest absolute Gasteiger partial charge is 0.484 e. The van der Waals surface area contributed by atoms with Gasteiger partial charge in [-0.15, -0.1) is 0 Å². The molecule has 0 atom stereocenters. The Bertz CT molecular complexity index is 834. The molecular formula is C21H27NO4. The minimum atomic E-state index is -0.367. The fourth-order valence-electron chi connectivity index (χ4n) is 3.67. The molecule has 1 aliphatic carbocycles. The monoisotopic (exact) mass is 357 g/mol. The van der Waals surface area contributed by atoms with Gasteiger partial charge in [0.25, 0.3) is 5.91 Å². The van der Waals surface area contributed by atoms with Crippen molar-refractivity contribution in [3.63, 3.8) is 0 Å². The number of likely N-dealkylation sites (N-methyl/N-ethyl adjacent to an activating group) is 1. The van der Waals surface area contributed by atoms with Crippen molar-refractivity contribution in [3.8, 4) is 5.75 Å². The van der Waals surface area contributed by atoms with Crippen molar-refractivity contribution in [2.45, 2.75) is 52.0 Å². The minimum Gasteiger partial charge on any atom is -0.484 e. The smallest absolute Gasteiger partial charge is 0.336 e.